The van der Waals surface area contributed by atoms with Crippen LogP contribution in [0.4, 0.5) is 11.4 Å². The number of hydrogen-bond donors (Lipinski definition) is 1. The van der Waals surface area contributed by atoms with Crippen LogP contribution < -0.4 is 10.2 Å². The Morgan fingerprint density at radius 1 is 0.724 bits per heavy atom. The highest BCUT2D eigenvalue weighted by atomic mass is 16.2. The van der Waals surface area contributed by atoms with E-state index in [1.54, 1.807) is 0 Å². The van der Waals surface area contributed by atoms with Gasteiger partial charge >= 0.3 is 0 Å². The fraction of sp³-hybridized carbons (Fsp3) is 0.120. The van der Waals surface area contributed by atoms with Gasteiger partial charge in [-0.3, -0.25) is 9.59 Å². The molecule has 29 heavy (non-hydrogen) atoms. The Balaban J connectivity index is 1.85. The summed E-state index contributed by atoms with van der Waals surface area (Å²) in [6.07, 6.45) is 0. The van der Waals surface area contributed by atoms with Gasteiger partial charge in [-0.15, -0.1) is 0 Å². The van der Waals surface area contributed by atoms with E-state index in [0.29, 0.717) is 22.5 Å². The third-order valence-electron chi connectivity index (χ3n) is 5.14. The first kappa shape index (κ1) is 18.7. The summed E-state index contributed by atoms with van der Waals surface area (Å²) >= 11 is 0. The molecule has 1 heterocycles. The van der Waals surface area contributed by atoms with Crippen LogP contribution in [-0.2, 0) is 9.59 Å². The van der Waals surface area contributed by atoms with E-state index in [1.165, 1.54) is 4.90 Å². The Kier molecular flexibility index (Phi) is 4.77. The minimum absolute atomic E-state index is 0.301. The standard InChI is InChI=1S/C25H22N2O2/c1-16-13-14-21(18(3)15-16)27-24(28)22(19-10-5-4-6-11-19)23(25(27)29)26-20-12-8-7-9-17(20)2/h4-15,26H,1-3H3. The van der Waals surface area contributed by atoms with Crippen molar-refractivity contribution in [3.63, 3.8) is 0 Å². The maximum atomic E-state index is 13.4. The summed E-state index contributed by atoms with van der Waals surface area (Å²) in [5.74, 6) is -0.659. The maximum Gasteiger partial charge on any atom is 0.282 e. The van der Waals surface area contributed by atoms with Gasteiger partial charge < -0.3 is 5.32 Å². The molecular formula is C25H22N2O2. The smallest absolute Gasteiger partial charge is 0.282 e. The molecule has 0 fully saturated rings. The van der Waals surface area contributed by atoms with Gasteiger partial charge in [-0.05, 0) is 49.6 Å². The topological polar surface area (TPSA) is 49.4 Å². The number of carbonyl (C=O) groups excluding carboxylic acids is 2. The molecule has 0 unspecified atom stereocenters. The van der Waals surface area contributed by atoms with E-state index in [0.717, 1.165) is 22.4 Å². The lowest BCUT2D eigenvalue weighted by molar-refractivity contribution is -0.120. The SMILES string of the molecule is Cc1ccc(N2C(=O)C(Nc3ccccc3C)=C(c3ccccc3)C2=O)c(C)c1. The van der Waals surface area contributed by atoms with Gasteiger partial charge in [-0.2, -0.15) is 0 Å². The molecule has 4 rings (SSSR count). The molecule has 0 spiro atoms. The van der Waals surface area contributed by atoms with Crippen LogP contribution in [0.25, 0.3) is 5.57 Å². The number of benzene rings is 3. The van der Waals surface area contributed by atoms with Crippen molar-refractivity contribution >= 4 is 28.8 Å². The van der Waals surface area contributed by atoms with Crippen molar-refractivity contribution in [1.82, 2.24) is 0 Å². The first-order valence-corrected chi connectivity index (χ1v) is 9.56. The second-order valence-electron chi connectivity index (χ2n) is 7.29. The van der Waals surface area contributed by atoms with E-state index in [-0.39, 0.29) is 11.8 Å². The minimum Gasteiger partial charge on any atom is -0.350 e. The van der Waals surface area contributed by atoms with Crippen molar-refractivity contribution in [2.24, 2.45) is 0 Å². The number of hydrogen-bond acceptors (Lipinski definition) is 3. The highest BCUT2D eigenvalue weighted by Gasteiger charge is 2.40. The molecule has 0 saturated carbocycles. The highest BCUT2D eigenvalue weighted by Crippen LogP contribution is 2.35. The summed E-state index contributed by atoms with van der Waals surface area (Å²) in [5, 5.41) is 3.24. The number of nitrogens with zero attached hydrogens (tertiary/aromatic N) is 1. The van der Waals surface area contributed by atoms with Gasteiger partial charge in [0, 0.05) is 5.69 Å². The molecule has 0 aliphatic carbocycles. The van der Waals surface area contributed by atoms with Crippen LogP contribution >= 0.6 is 0 Å². The van der Waals surface area contributed by atoms with E-state index in [1.807, 2.05) is 93.6 Å². The molecule has 0 atom stereocenters. The second-order valence-corrected chi connectivity index (χ2v) is 7.29. The lowest BCUT2D eigenvalue weighted by atomic mass is 10.0. The van der Waals surface area contributed by atoms with Gasteiger partial charge in [0.2, 0.25) is 0 Å². The first-order valence-electron chi connectivity index (χ1n) is 9.56. The van der Waals surface area contributed by atoms with Crippen LogP contribution in [0.1, 0.15) is 22.3 Å². The fourth-order valence-corrected chi connectivity index (χ4v) is 3.64. The Hall–Kier alpha value is -3.66. The number of imide groups is 1. The molecule has 0 radical (unpaired) electrons. The maximum absolute atomic E-state index is 13.4. The number of amides is 2. The van der Waals surface area contributed by atoms with Crippen molar-refractivity contribution in [2.45, 2.75) is 20.8 Å². The summed E-state index contributed by atoms with van der Waals surface area (Å²) < 4.78 is 0. The van der Waals surface area contributed by atoms with E-state index in [4.69, 9.17) is 0 Å². The zero-order valence-electron chi connectivity index (χ0n) is 16.7. The molecule has 3 aromatic rings. The summed E-state index contributed by atoms with van der Waals surface area (Å²) in [7, 11) is 0. The average molecular weight is 382 g/mol. The largest absolute Gasteiger partial charge is 0.350 e. The summed E-state index contributed by atoms with van der Waals surface area (Å²) in [4.78, 5) is 28.2. The molecular weight excluding hydrogens is 360 g/mol. The Morgan fingerprint density at radius 2 is 1.41 bits per heavy atom. The van der Waals surface area contributed by atoms with Crippen molar-refractivity contribution in [1.29, 1.82) is 0 Å². The molecule has 1 aliphatic heterocycles. The summed E-state index contributed by atoms with van der Waals surface area (Å²) in [6.45, 7) is 5.87. The molecule has 1 aliphatic rings. The molecule has 2 amide bonds. The molecule has 0 bridgehead atoms. The monoisotopic (exact) mass is 382 g/mol. The molecule has 0 saturated heterocycles. The number of nitrogens with one attached hydrogen (secondary N) is 1. The predicted molar refractivity (Wildman–Crippen MR) is 117 cm³/mol. The van der Waals surface area contributed by atoms with Gasteiger partial charge in [0.1, 0.15) is 5.70 Å². The van der Waals surface area contributed by atoms with E-state index < -0.39 is 0 Å². The van der Waals surface area contributed by atoms with E-state index in [2.05, 4.69) is 5.32 Å². The normalized spacial score (nSPS) is 14.0. The molecule has 1 N–H and O–H groups in total. The van der Waals surface area contributed by atoms with Crippen LogP contribution in [-0.4, -0.2) is 11.8 Å². The minimum atomic E-state index is -0.343. The molecule has 4 heteroatoms. The average Bonchev–Trinajstić information content (AvgIpc) is 2.94. The van der Waals surface area contributed by atoms with Crippen molar-refractivity contribution in [3.05, 3.63) is 101 Å². The summed E-state index contributed by atoms with van der Waals surface area (Å²) in [5.41, 5.74) is 5.79. The van der Waals surface area contributed by atoms with Crippen molar-refractivity contribution < 1.29 is 9.59 Å². The molecule has 144 valence electrons. The quantitative estimate of drug-likeness (QED) is 0.646. The Bertz CT molecular complexity index is 1150. The third-order valence-corrected chi connectivity index (χ3v) is 5.14. The molecule has 4 nitrogen and oxygen atoms in total. The van der Waals surface area contributed by atoms with Crippen molar-refractivity contribution in [2.75, 3.05) is 10.2 Å². The van der Waals surface area contributed by atoms with Gasteiger partial charge in [0.05, 0.1) is 11.3 Å². The van der Waals surface area contributed by atoms with Crippen molar-refractivity contribution in [3.8, 4) is 0 Å². The van der Waals surface area contributed by atoms with Gasteiger partial charge in [0.25, 0.3) is 11.8 Å². The van der Waals surface area contributed by atoms with Gasteiger partial charge in [-0.25, -0.2) is 4.90 Å². The van der Waals surface area contributed by atoms with Gasteiger partial charge in [0.15, 0.2) is 0 Å². The lowest BCUT2D eigenvalue weighted by Crippen LogP contribution is -2.33. The Morgan fingerprint density at radius 3 is 2.10 bits per heavy atom. The van der Waals surface area contributed by atoms with E-state index in [9.17, 15) is 9.59 Å². The zero-order chi connectivity index (χ0) is 20.5. The zero-order valence-corrected chi connectivity index (χ0v) is 16.7. The predicted octanol–water partition coefficient (Wildman–Crippen LogP) is 5.01. The van der Waals surface area contributed by atoms with Crippen LogP contribution in [0.2, 0.25) is 0 Å². The lowest BCUT2D eigenvalue weighted by Gasteiger charge is -2.18. The number of rotatable bonds is 4. The Labute approximate surface area is 170 Å². The number of carbonyl (C=O) groups is 2. The first-order chi connectivity index (χ1) is 14.0. The third kappa shape index (κ3) is 3.34. The number of anilines is 2. The highest BCUT2D eigenvalue weighted by molar-refractivity contribution is 6.46. The number of aryl methyl sites for hydroxylation is 3. The fourth-order valence-electron chi connectivity index (χ4n) is 3.64. The van der Waals surface area contributed by atoms with Crippen LogP contribution in [0.3, 0.4) is 0 Å². The molecule has 3 aromatic carbocycles. The van der Waals surface area contributed by atoms with Crippen LogP contribution in [0, 0.1) is 20.8 Å². The van der Waals surface area contributed by atoms with Gasteiger partial charge in [-0.1, -0.05) is 66.2 Å². The number of para-hydroxylation sites is 1. The second kappa shape index (κ2) is 7.40. The molecule has 0 aromatic heterocycles. The van der Waals surface area contributed by atoms with E-state index >= 15 is 0 Å². The summed E-state index contributed by atoms with van der Waals surface area (Å²) in [6, 6.07) is 22.8. The van der Waals surface area contributed by atoms with Crippen LogP contribution in [0.5, 0.6) is 0 Å². The van der Waals surface area contributed by atoms with Crippen LogP contribution in [0.15, 0.2) is 78.5 Å².